The van der Waals surface area contributed by atoms with Crippen LogP contribution in [0.15, 0.2) is 40.2 Å². The molecule has 104 valence electrons. The minimum absolute atomic E-state index is 0.172. The van der Waals surface area contributed by atoms with Gasteiger partial charge in [0.25, 0.3) is 5.91 Å². The van der Waals surface area contributed by atoms with Crippen LogP contribution in [0, 0.1) is 0 Å². The molecule has 0 unspecified atom stereocenters. The number of anilines is 1. The van der Waals surface area contributed by atoms with E-state index in [1.54, 1.807) is 17.5 Å². The van der Waals surface area contributed by atoms with Crippen molar-refractivity contribution >= 4 is 44.8 Å². The van der Waals surface area contributed by atoms with Gasteiger partial charge in [0.1, 0.15) is 10.6 Å². The average Bonchev–Trinajstić information content (AvgIpc) is 2.88. The fourth-order valence-electron chi connectivity index (χ4n) is 1.40. The Morgan fingerprint density at radius 3 is 2.75 bits per heavy atom. The molecule has 5 nitrogen and oxygen atoms in total. The molecule has 0 radical (unpaired) electrons. The van der Waals surface area contributed by atoms with Crippen molar-refractivity contribution in [2.24, 2.45) is 0 Å². The fourth-order valence-corrected chi connectivity index (χ4v) is 2.45. The van der Waals surface area contributed by atoms with Gasteiger partial charge in [-0.15, -0.1) is 11.3 Å². The van der Waals surface area contributed by atoms with Gasteiger partial charge in [0, 0.05) is 15.9 Å². The van der Waals surface area contributed by atoms with E-state index in [0.717, 1.165) is 15.8 Å². The number of carboxylic acid groups (broad SMARTS) is 1. The van der Waals surface area contributed by atoms with Gasteiger partial charge in [-0.1, -0.05) is 12.1 Å². The fraction of sp³-hybridized carbons (Fsp3) is 0.0769. The molecule has 0 saturated carbocycles. The standard InChI is InChI=1S/C13H10BrNO4S/c14-9-3-1-2-4-10(9)15-12(16)6-19-8-5-11(13(17)18)20-7-8/h1-5,7H,6H2,(H,15,16)(H,17,18). The number of carbonyl (C=O) groups is 2. The van der Waals surface area contributed by atoms with Crippen LogP contribution in [0.3, 0.4) is 0 Å². The first kappa shape index (κ1) is 14.5. The van der Waals surface area contributed by atoms with Gasteiger partial charge in [0.2, 0.25) is 0 Å². The van der Waals surface area contributed by atoms with Crippen LogP contribution >= 0.6 is 27.3 Å². The number of nitrogens with one attached hydrogen (secondary N) is 1. The topological polar surface area (TPSA) is 75.6 Å². The van der Waals surface area contributed by atoms with Crippen molar-refractivity contribution in [3.8, 4) is 5.75 Å². The van der Waals surface area contributed by atoms with E-state index in [0.29, 0.717) is 11.4 Å². The van der Waals surface area contributed by atoms with Crippen molar-refractivity contribution in [1.29, 1.82) is 0 Å². The minimum Gasteiger partial charge on any atom is -0.483 e. The monoisotopic (exact) mass is 355 g/mol. The first-order chi connectivity index (χ1) is 9.56. The van der Waals surface area contributed by atoms with Crippen LogP contribution in [0.1, 0.15) is 9.67 Å². The van der Waals surface area contributed by atoms with Crippen molar-refractivity contribution in [3.05, 3.63) is 45.1 Å². The molecule has 0 aliphatic carbocycles. The summed E-state index contributed by atoms with van der Waals surface area (Å²) in [5.41, 5.74) is 0.651. The molecule has 0 aliphatic rings. The summed E-state index contributed by atoms with van der Waals surface area (Å²) in [6, 6.07) is 8.61. The van der Waals surface area contributed by atoms with Crippen molar-refractivity contribution in [1.82, 2.24) is 0 Å². The number of halogens is 1. The lowest BCUT2D eigenvalue weighted by molar-refractivity contribution is -0.118. The maximum absolute atomic E-state index is 11.7. The van der Waals surface area contributed by atoms with Crippen LogP contribution < -0.4 is 10.1 Å². The zero-order chi connectivity index (χ0) is 14.5. The van der Waals surface area contributed by atoms with Crippen molar-refractivity contribution in [3.63, 3.8) is 0 Å². The molecular weight excluding hydrogens is 346 g/mol. The van der Waals surface area contributed by atoms with Crippen LogP contribution in [0.25, 0.3) is 0 Å². The van der Waals surface area contributed by atoms with E-state index in [1.807, 2.05) is 12.1 Å². The molecule has 1 aromatic heterocycles. The van der Waals surface area contributed by atoms with Gasteiger partial charge in [-0.25, -0.2) is 4.79 Å². The van der Waals surface area contributed by atoms with Crippen LogP contribution in [0.4, 0.5) is 5.69 Å². The van der Waals surface area contributed by atoms with Crippen LogP contribution in [-0.2, 0) is 4.79 Å². The number of aromatic carboxylic acids is 1. The Labute approximate surface area is 127 Å². The molecule has 2 N–H and O–H groups in total. The van der Waals surface area contributed by atoms with E-state index in [4.69, 9.17) is 9.84 Å². The summed E-state index contributed by atoms with van der Waals surface area (Å²) in [6.45, 7) is -0.183. The lowest BCUT2D eigenvalue weighted by atomic mass is 10.3. The van der Waals surface area contributed by atoms with Crippen molar-refractivity contribution in [2.45, 2.75) is 0 Å². The highest BCUT2D eigenvalue weighted by atomic mass is 79.9. The number of rotatable bonds is 5. The smallest absolute Gasteiger partial charge is 0.346 e. The van der Waals surface area contributed by atoms with E-state index in [9.17, 15) is 9.59 Å². The Kier molecular flexibility index (Phi) is 4.75. The third-order valence-electron chi connectivity index (χ3n) is 2.30. The summed E-state index contributed by atoms with van der Waals surface area (Å²) < 4.78 is 6.01. The maximum atomic E-state index is 11.7. The number of thiophene rings is 1. The van der Waals surface area contributed by atoms with E-state index in [2.05, 4.69) is 21.2 Å². The third-order valence-corrected chi connectivity index (χ3v) is 3.89. The largest absolute Gasteiger partial charge is 0.483 e. The number of carbonyl (C=O) groups excluding carboxylic acids is 1. The Balaban J connectivity index is 1.89. The number of ether oxygens (including phenoxy) is 1. The van der Waals surface area contributed by atoms with Crippen molar-refractivity contribution < 1.29 is 19.4 Å². The molecule has 2 aromatic rings. The number of hydrogen-bond donors (Lipinski definition) is 2. The molecule has 0 atom stereocenters. The van der Waals surface area contributed by atoms with Gasteiger partial charge in [-0.3, -0.25) is 4.79 Å². The molecular formula is C13H10BrNO4S. The third kappa shape index (κ3) is 3.82. The first-order valence-electron chi connectivity index (χ1n) is 5.55. The van der Waals surface area contributed by atoms with Crippen LogP contribution in [0.5, 0.6) is 5.75 Å². The summed E-state index contributed by atoms with van der Waals surface area (Å²) in [6.07, 6.45) is 0. The lowest BCUT2D eigenvalue weighted by Gasteiger charge is -2.07. The van der Waals surface area contributed by atoms with Gasteiger partial charge in [-0.2, -0.15) is 0 Å². The quantitative estimate of drug-likeness (QED) is 0.863. The Morgan fingerprint density at radius 1 is 1.35 bits per heavy atom. The molecule has 20 heavy (non-hydrogen) atoms. The van der Waals surface area contributed by atoms with E-state index >= 15 is 0 Å². The Bertz CT molecular complexity index is 641. The van der Waals surface area contributed by atoms with Gasteiger partial charge in [0.15, 0.2) is 6.61 Å². The normalized spacial score (nSPS) is 10.1. The molecule has 1 aromatic carbocycles. The van der Waals surface area contributed by atoms with Gasteiger partial charge in [-0.05, 0) is 28.1 Å². The van der Waals surface area contributed by atoms with Gasteiger partial charge < -0.3 is 15.2 Å². The lowest BCUT2D eigenvalue weighted by Crippen LogP contribution is -2.20. The number of amides is 1. The van der Waals surface area contributed by atoms with Crippen LogP contribution in [-0.4, -0.2) is 23.6 Å². The number of para-hydroxylation sites is 1. The molecule has 7 heteroatoms. The van der Waals surface area contributed by atoms with Crippen LogP contribution in [0.2, 0.25) is 0 Å². The first-order valence-corrected chi connectivity index (χ1v) is 7.22. The second kappa shape index (κ2) is 6.53. The molecule has 2 rings (SSSR count). The molecule has 0 bridgehead atoms. The van der Waals surface area contributed by atoms with E-state index in [1.165, 1.54) is 6.07 Å². The highest BCUT2D eigenvalue weighted by Gasteiger charge is 2.10. The zero-order valence-electron chi connectivity index (χ0n) is 10.1. The number of carboxylic acids is 1. The molecule has 0 aliphatic heterocycles. The molecule has 1 heterocycles. The van der Waals surface area contributed by atoms with E-state index in [-0.39, 0.29) is 17.4 Å². The predicted molar refractivity (Wildman–Crippen MR) is 79.5 cm³/mol. The molecule has 0 saturated heterocycles. The van der Waals surface area contributed by atoms with E-state index < -0.39 is 5.97 Å². The number of hydrogen-bond acceptors (Lipinski definition) is 4. The Morgan fingerprint density at radius 2 is 2.10 bits per heavy atom. The Hall–Kier alpha value is -1.86. The minimum atomic E-state index is -1.01. The highest BCUT2D eigenvalue weighted by Crippen LogP contribution is 2.22. The number of benzene rings is 1. The van der Waals surface area contributed by atoms with Gasteiger partial charge >= 0.3 is 5.97 Å². The summed E-state index contributed by atoms with van der Waals surface area (Å²) in [4.78, 5) is 22.6. The molecule has 1 amide bonds. The molecule has 0 fully saturated rings. The second-order valence-electron chi connectivity index (χ2n) is 3.77. The summed E-state index contributed by atoms with van der Waals surface area (Å²) in [7, 11) is 0. The molecule has 0 spiro atoms. The van der Waals surface area contributed by atoms with Gasteiger partial charge in [0.05, 0.1) is 5.69 Å². The second-order valence-corrected chi connectivity index (χ2v) is 5.53. The zero-order valence-corrected chi connectivity index (χ0v) is 12.5. The summed E-state index contributed by atoms with van der Waals surface area (Å²) in [5.74, 6) is -0.961. The average molecular weight is 356 g/mol. The van der Waals surface area contributed by atoms with Crippen molar-refractivity contribution in [2.75, 3.05) is 11.9 Å². The highest BCUT2D eigenvalue weighted by molar-refractivity contribution is 9.10. The summed E-state index contributed by atoms with van der Waals surface area (Å²) in [5, 5.41) is 13.0. The predicted octanol–water partition coefficient (Wildman–Crippen LogP) is 3.23. The maximum Gasteiger partial charge on any atom is 0.346 e. The summed E-state index contributed by atoms with van der Waals surface area (Å²) >= 11 is 4.37. The SMILES string of the molecule is O=C(COc1csc(C(=O)O)c1)Nc1ccccc1Br.